The summed E-state index contributed by atoms with van der Waals surface area (Å²) in [6.45, 7) is -0.515. The van der Waals surface area contributed by atoms with Crippen molar-refractivity contribution >= 4 is 45.9 Å². The quantitative estimate of drug-likeness (QED) is 0.196. The van der Waals surface area contributed by atoms with Crippen molar-refractivity contribution in [2.75, 3.05) is 5.73 Å². The number of H-pyrrole nitrogens is 1. The van der Waals surface area contributed by atoms with E-state index in [4.69, 9.17) is 17.3 Å². The molecule has 3 aromatic heterocycles. The molecule has 36 heavy (non-hydrogen) atoms. The SMILES string of the molecule is Nc1nonc1-[n+]1[nH]nc(C(=O)N=Nc2c(O)n(CC(=O)O)c3ccccc23)c1-c1ccccc1Cl. The summed E-state index contributed by atoms with van der Waals surface area (Å²) < 4.78 is 7.06. The number of aromatic amines is 1. The van der Waals surface area contributed by atoms with Gasteiger partial charge in [-0.2, -0.15) is 4.63 Å². The number of halogens is 1. The fourth-order valence-electron chi connectivity index (χ4n) is 3.67. The number of amides is 1. The first-order valence-corrected chi connectivity index (χ1v) is 10.6. The minimum atomic E-state index is -1.17. The lowest BCUT2D eigenvalue weighted by molar-refractivity contribution is -0.652. The molecule has 5 N–H and O–H groups in total. The molecule has 2 aromatic carbocycles. The number of carboxylic acid groups (broad SMARTS) is 1. The molecule has 0 aliphatic heterocycles. The van der Waals surface area contributed by atoms with Gasteiger partial charge in [0, 0.05) is 10.9 Å². The number of carboxylic acids is 1. The molecule has 14 nitrogen and oxygen atoms in total. The molecule has 5 rings (SSSR count). The number of nitrogen functional groups attached to an aromatic ring is 1. The molecule has 0 atom stereocenters. The lowest BCUT2D eigenvalue weighted by Gasteiger charge is -2.02. The van der Waals surface area contributed by atoms with Gasteiger partial charge in [-0.3, -0.25) is 14.2 Å². The molecule has 15 heteroatoms. The molecule has 180 valence electrons. The molecule has 0 bridgehead atoms. The first kappa shape index (κ1) is 22.7. The third-order valence-corrected chi connectivity index (χ3v) is 5.53. The van der Waals surface area contributed by atoms with Crippen molar-refractivity contribution in [3.05, 3.63) is 59.2 Å². The number of fused-ring (bicyclic) bond motifs is 1. The van der Waals surface area contributed by atoms with Gasteiger partial charge in [-0.25, -0.2) is 0 Å². The highest BCUT2D eigenvalue weighted by atomic mass is 35.5. The number of rotatable bonds is 6. The van der Waals surface area contributed by atoms with Crippen LogP contribution in [0.25, 0.3) is 28.0 Å². The van der Waals surface area contributed by atoms with Crippen molar-refractivity contribution in [2.24, 2.45) is 10.2 Å². The molecule has 1 amide bonds. The summed E-state index contributed by atoms with van der Waals surface area (Å²) >= 11 is 6.37. The van der Waals surface area contributed by atoms with Crippen LogP contribution in [0.3, 0.4) is 0 Å². The van der Waals surface area contributed by atoms with E-state index in [0.717, 1.165) is 4.57 Å². The van der Waals surface area contributed by atoms with Crippen molar-refractivity contribution in [3.63, 3.8) is 0 Å². The van der Waals surface area contributed by atoms with Crippen molar-refractivity contribution in [3.8, 4) is 23.0 Å². The zero-order chi connectivity index (χ0) is 25.4. The molecular weight excluding hydrogens is 494 g/mol. The maximum absolute atomic E-state index is 13.2. The van der Waals surface area contributed by atoms with Gasteiger partial charge in [0.2, 0.25) is 5.88 Å². The van der Waals surface area contributed by atoms with E-state index in [1.165, 1.54) is 4.68 Å². The van der Waals surface area contributed by atoms with Crippen LogP contribution in [-0.2, 0) is 11.3 Å². The predicted molar refractivity (Wildman–Crippen MR) is 123 cm³/mol. The number of aliphatic carboxylic acids is 1. The van der Waals surface area contributed by atoms with Gasteiger partial charge in [0.05, 0.1) is 10.5 Å². The normalized spacial score (nSPS) is 11.5. The van der Waals surface area contributed by atoms with Gasteiger partial charge in [-0.05, 0) is 28.5 Å². The van der Waals surface area contributed by atoms with Crippen molar-refractivity contribution < 1.29 is 29.1 Å². The summed E-state index contributed by atoms with van der Waals surface area (Å²) in [6.07, 6.45) is 0. The second-order valence-electron chi connectivity index (χ2n) is 7.37. The lowest BCUT2D eigenvalue weighted by Crippen LogP contribution is -2.36. The number of hydrogen-bond donors (Lipinski definition) is 4. The topological polar surface area (TPSA) is 202 Å². The number of para-hydroxylation sites is 1. The Kier molecular flexibility index (Phi) is 5.62. The second kappa shape index (κ2) is 8.92. The maximum Gasteiger partial charge on any atom is 0.377 e. The average Bonchev–Trinajstić information content (AvgIpc) is 3.54. The number of aromatic hydroxyl groups is 1. The lowest BCUT2D eigenvalue weighted by atomic mass is 10.1. The van der Waals surface area contributed by atoms with E-state index in [2.05, 4.69) is 35.5 Å². The standard InChI is InChI=1S/C21H14ClN9O5/c22-12-7-3-1-5-10(12)17-16(25-29-31(17)19-18(23)27-36-28-19)20(34)26-24-15-11-6-2-4-8-13(11)30(21(15)35)9-14(32)33/h1-8H,9H2,(H4,23,26,27,32,33,34,35)/p+1. The number of carbonyl (C=O) groups is 2. The van der Waals surface area contributed by atoms with Crippen LogP contribution >= 0.6 is 11.6 Å². The zero-order valence-corrected chi connectivity index (χ0v) is 18.8. The van der Waals surface area contributed by atoms with Gasteiger partial charge in [-0.1, -0.05) is 41.9 Å². The van der Waals surface area contributed by atoms with E-state index in [1.54, 1.807) is 48.5 Å². The molecule has 0 fully saturated rings. The van der Waals surface area contributed by atoms with Gasteiger partial charge in [-0.15, -0.1) is 20.1 Å². The van der Waals surface area contributed by atoms with Gasteiger partial charge in [0.15, 0.2) is 11.4 Å². The Morgan fingerprint density at radius 3 is 2.64 bits per heavy atom. The Morgan fingerprint density at radius 1 is 1.17 bits per heavy atom. The number of nitrogens with one attached hydrogen (secondary N) is 1. The van der Waals surface area contributed by atoms with Crippen molar-refractivity contribution in [1.82, 2.24) is 25.2 Å². The molecule has 0 saturated carbocycles. The number of carbonyl (C=O) groups excluding carboxylic acids is 1. The number of nitrogens with two attached hydrogens (primary N) is 1. The monoisotopic (exact) mass is 508 g/mol. The summed E-state index contributed by atoms with van der Waals surface area (Å²) in [4.78, 5) is 24.4. The fraction of sp³-hybridized carbons (Fsp3) is 0.0476. The summed E-state index contributed by atoms with van der Waals surface area (Å²) in [5, 5.41) is 42.1. The van der Waals surface area contributed by atoms with Gasteiger partial charge in [0.1, 0.15) is 11.7 Å². The summed E-state index contributed by atoms with van der Waals surface area (Å²) in [7, 11) is 0. The Bertz CT molecular complexity index is 1670. The smallest absolute Gasteiger partial charge is 0.377 e. The highest BCUT2D eigenvalue weighted by Crippen LogP contribution is 2.39. The minimum Gasteiger partial charge on any atom is -0.493 e. The number of anilines is 1. The molecule has 0 radical (unpaired) electrons. The predicted octanol–water partition coefficient (Wildman–Crippen LogP) is 2.64. The van der Waals surface area contributed by atoms with Gasteiger partial charge < -0.3 is 15.9 Å². The van der Waals surface area contributed by atoms with Crippen LogP contribution in [0.5, 0.6) is 5.88 Å². The number of aromatic nitrogens is 6. The first-order chi connectivity index (χ1) is 17.4. The highest BCUT2D eigenvalue weighted by Gasteiger charge is 2.32. The van der Waals surface area contributed by atoms with Crippen LogP contribution in [0.1, 0.15) is 10.5 Å². The third-order valence-electron chi connectivity index (χ3n) is 5.20. The van der Waals surface area contributed by atoms with Gasteiger partial charge in [0.25, 0.3) is 11.5 Å². The maximum atomic E-state index is 13.2. The van der Waals surface area contributed by atoms with Gasteiger partial charge >= 0.3 is 17.7 Å². The van der Waals surface area contributed by atoms with E-state index < -0.39 is 24.3 Å². The summed E-state index contributed by atoms with van der Waals surface area (Å²) in [5.74, 6) is -2.57. The number of azo groups is 1. The van der Waals surface area contributed by atoms with Crippen LogP contribution in [0, 0.1) is 0 Å². The minimum absolute atomic E-state index is 0.0304. The van der Waals surface area contributed by atoms with E-state index in [0.29, 0.717) is 21.5 Å². The molecule has 0 aliphatic rings. The van der Waals surface area contributed by atoms with Crippen LogP contribution in [0.4, 0.5) is 11.5 Å². The molecule has 0 aliphatic carbocycles. The third kappa shape index (κ3) is 3.80. The Labute approximate surface area is 205 Å². The van der Waals surface area contributed by atoms with Crippen LogP contribution in [-0.4, -0.2) is 47.3 Å². The van der Waals surface area contributed by atoms with E-state index in [9.17, 15) is 19.8 Å². The molecule has 3 heterocycles. The second-order valence-corrected chi connectivity index (χ2v) is 7.78. The van der Waals surface area contributed by atoms with Crippen LogP contribution in [0.2, 0.25) is 5.02 Å². The Balaban J connectivity index is 1.61. The highest BCUT2D eigenvalue weighted by molar-refractivity contribution is 6.33. The molecule has 0 saturated heterocycles. The molecule has 0 spiro atoms. The summed E-state index contributed by atoms with van der Waals surface area (Å²) in [6, 6.07) is 13.3. The largest absolute Gasteiger partial charge is 0.493 e. The molecule has 5 aromatic rings. The van der Waals surface area contributed by atoms with E-state index >= 15 is 0 Å². The first-order valence-electron chi connectivity index (χ1n) is 10.2. The van der Waals surface area contributed by atoms with E-state index in [-0.39, 0.29) is 28.7 Å². The van der Waals surface area contributed by atoms with Crippen molar-refractivity contribution in [2.45, 2.75) is 6.54 Å². The van der Waals surface area contributed by atoms with E-state index in [1.807, 2.05) is 0 Å². The average molecular weight is 509 g/mol. The van der Waals surface area contributed by atoms with Crippen LogP contribution in [0.15, 0.2) is 63.4 Å². The van der Waals surface area contributed by atoms with Crippen LogP contribution < -0.4 is 10.4 Å². The zero-order valence-electron chi connectivity index (χ0n) is 18.0. The fourth-order valence-corrected chi connectivity index (χ4v) is 3.89. The number of nitrogens with zero attached hydrogens (tertiary/aromatic N) is 7. The number of hydrogen-bond acceptors (Lipinski definition) is 9. The Hall–Kier alpha value is -5.11. The molecular formula is C21H15ClN9O5+. The molecule has 0 unspecified atom stereocenters. The number of benzene rings is 2. The Morgan fingerprint density at radius 2 is 1.92 bits per heavy atom. The van der Waals surface area contributed by atoms with Crippen molar-refractivity contribution in [1.29, 1.82) is 0 Å². The summed E-state index contributed by atoms with van der Waals surface area (Å²) in [5.41, 5.74) is 6.51.